The molecule has 1 saturated carbocycles. The van der Waals surface area contributed by atoms with Crippen molar-refractivity contribution in [3.8, 4) is 5.75 Å². The van der Waals surface area contributed by atoms with Crippen LogP contribution in [0.2, 0.25) is 5.02 Å². The third-order valence-electron chi connectivity index (χ3n) is 4.27. The van der Waals surface area contributed by atoms with Crippen LogP contribution in [0, 0.1) is 6.92 Å². The molecule has 2 nitrogen and oxygen atoms in total. The van der Waals surface area contributed by atoms with E-state index >= 15 is 0 Å². The second-order valence-electron chi connectivity index (χ2n) is 5.75. The topological polar surface area (TPSA) is 21.3 Å². The monoisotopic (exact) mass is 301 g/mol. The number of halogens is 1. The molecular weight excluding hydrogens is 282 g/mol. The van der Waals surface area contributed by atoms with Crippen molar-refractivity contribution in [3.63, 3.8) is 0 Å². The van der Waals surface area contributed by atoms with Gasteiger partial charge >= 0.3 is 0 Å². The van der Waals surface area contributed by atoms with E-state index in [1.807, 2.05) is 25.1 Å². The van der Waals surface area contributed by atoms with E-state index in [1.54, 1.807) is 7.11 Å². The largest absolute Gasteiger partial charge is 0.497 e. The van der Waals surface area contributed by atoms with Gasteiger partial charge in [-0.15, -0.1) is 0 Å². The number of nitrogens with one attached hydrogen (secondary N) is 1. The molecule has 0 radical (unpaired) electrons. The van der Waals surface area contributed by atoms with Gasteiger partial charge in [-0.3, -0.25) is 0 Å². The Morgan fingerprint density at radius 3 is 2.43 bits per heavy atom. The zero-order valence-electron chi connectivity index (χ0n) is 12.4. The van der Waals surface area contributed by atoms with Crippen LogP contribution >= 0.6 is 11.6 Å². The molecule has 0 saturated heterocycles. The Kier molecular flexibility index (Phi) is 4.07. The minimum Gasteiger partial charge on any atom is -0.497 e. The first-order valence-corrected chi connectivity index (χ1v) is 7.70. The molecule has 2 aromatic rings. The number of anilines is 1. The highest BCUT2D eigenvalue weighted by Gasteiger charge is 2.30. The van der Waals surface area contributed by atoms with Gasteiger partial charge in [-0.1, -0.05) is 29.8 Å². The van der Waals surface area contributed by atoms with Gasteiger partial charge < -0.3 is 10.1 Å². The van der Waals surface area contributed by atoms with Crippen molar-refractivity contribution in [2.45, 2.75) is 31.7 Å². The third kappa shape index (κ3) is 3.16. The number of methoxy groups -OCH3 is 1. The maximum atomic E-state index is 6.16. The van der Waals surface area contributed by atoms with Gasteiger partial charge in [0.2, 0.25) is 0 Å². The SMILES string of the molecule is COc1ccc(C2CC(Nc3ccc(C)c(Cl)c3)C2)cc1. The molecule has 0 spiro atoms. The van der Waals surface area contributed by atoms with Gasteiger partial charge in [0.1, 0.15) is 5.75 Å². The highest BCUT2D eigenvalue weighted by atomic mass is 35.5. The summed E-state index contributed by atoms with van der Waals surface area (Å²) in [5.41, 5.74) is 3.63. The Morgan fingerprint density at radius 2 is 1.81 bits per heavy atom. The Labute approximate surface area is 131 Å². The van der Waals surface area contributed by atoms with E-state index < -0.39 is 0 Å². The third-order valence-corrected chi connectivity index (χ3v) is 4.68. The molecule has 0 aliphatic heterocycles. The summed E-state index contributed by atoms with van der Waals surface area (Å²) in [5.74, 6) is 1.57. The van der Waals surface area contributed by atoms with E-state index in [-0.39, 0.29) is 0 Å². The molecule has 21 heavy (non-hydrogen) atoms. The van der Waals surface area contributed by atoms with Crippen molar-refractivity contribution in [1.82, 2.24) is 0 Å². The first-order chi connectivity index (χ1) is 10.2. The summed E-state index contributed by atoms with van der Waals surface area (Å²) in [4.78, 5) is 0. The maximum Gasteiger partial charge on any atom is 0.118 e. The molecule has 110 valence electrons. The van der Waals surface area contributed by atoms with Crippen molar-refractivity contribution in [2.75, 3.05) is 12.4 Å². The molecule has 0 aromatic heterocycles. The number of benzene rings is 2. The average Bonchev–Trinajstić information content (AvgIpc) is 2.46. The summed E-state index contributed by atoms with van der Waals surface area (Å²) < 4.78 is 5.20. The standard InChI is InChI=1S/C18H20ClNO/c1-12-3-6-15(11-18(12)19)20-16-9-14(10-16)13-4-7-17(21-2)8-5-13/h3-8,11,14,16,20H,9-10H2,1-2H3. The lowest BCUT2D eigenvalue weighted by Gasteiger charge is -2.37. The van der Waals surface area contributed by atoms with Crippen molar-refractivity contribution in [3.05, 3.63) is 58.6 Å². The molecular formula is C18H20ClNO. The van der Waals surface area contributed by atoms with E-state index in [0.29, 0.717) is 12.0 Å². The van der Waals surface area contributed by atoms with Gasteiger partial charge in [-0.2, -0.15) is 0 Å². The van der Waals surface area contributed by atoms with Gasteiger partial charge in [0, 0.05) is 16.8 Å². The predicted octanol–water partition coefficient (Wildman–Crippen LogP) is 5.02. The summed E-state index contributed by atoms with van der Waals surface area (Å²) in [5, 5.41) is 4.38. The quantitative estimate of drug-likeness (QED) is 0.856. The maximum absolute atomic E-state index is 6.16. The van der Waals surface area contributed by atoms with E-state index in [9.17, 15) is 0 Å². The lowest BCUT2D eigenvalue weighted by atomic mass is 9.76. The Balaban J connectivity index is 1.56. The van der Waals surface area contributed by atoms with E-state index in [1.165, 1.54) is 5.56 Å². The van der Waals surface area contributed by atoms with E-state index in [2.05, 4.69) is 29.6 Å². The zero-order valence-corrected chi connectivity index (χ0v) is 13.2. The number of hydrogen-bond acceptors (Lipinski definition) is 2. The van der Waals surface area contributed by atoms with Crippen molar-refractivity contribution < 1.29 is 4.74 Å². The van der Waals surface area contributed by atoms with Crippen LogP contribution in [0.3, 0.4) is 0 Å². The summed E-state index contributed by atoms with van der Waals surface area (Å²) in [6.07, 6.45) is 2.33. The van der Waals surface area contributed by atoms with Crippen LogP contribution in [0.25, 0.3) is 0 Å². The van der Waals surface area contributed by atoms with Gasteiger partial charge in [0.15, 0.2) is 0 Å². The number of hydrogen-bond donors (Lipinski definition) is 1. The molecule has 1 aliphatic rings. The molecule has 0 unspecified atom stereocenters. The summed E-state index contributed by atoms with van der Waals surface area (Å²) in [6, 6.07) is 15.1. The van der Waals surface area contributed by atoms with Crippen LogP contribution in [-0.2, 0) is 0 Å². The lowest BCUT2D eigenvalue weighted by molar-refractivity contribution is 0.373. The van der Waals surface area contributed by atoms with Crippen molar-refractivity contribution in [1.29, 1.82) is 0 Å². The van der Waals surface area contributed by atoms with Gasteiger partial charge in [-0.25, -0.2) is 0 Å². The summed E-state index contributed by atoms with van der Waals surface area (Å²) in [7, 11) is 1.70. The fourth-order valence-corrected chi connectivity index (χ4v) is 2.98. The summed E-state index contributed by atoms with van der Waals surface area (Å²) >= 11 is 6.16. The molecule has 0 bridgehead atoms. The second kappa shape index (κ2) is 5.98. The minimum atomic E-state index is 0.538. The van der Waals surface area contributed by atoms with Gasteiger partial charge in [0.05, 0.1) is 7.11 Å². The molecule has 3 heteroatoms. The Morgan fingerprint density at radius 1 is 1.10 bits per heavy atom. The van der Waals surface area contributed by atoms with Crippen molar-refractivity contribution >= 4 is 17.3 Å². The van der Waals surface area contributed by atoms with Crippen molar-refractivity contribution in [2.24, 2.45) is 0 Å². The van der Waals surface area contributed by atoms with Gasteiger partial charge in [-0.05, 0) is 61.1 Å². The minimum absolute atomic E-state index is 0.538. The predicted molar refractivity (Wildman–Crippen MR) is 88.6 cm³/mol. The molecule has 3 rings (SSSR count). The van der Waals surface area contributed by atoms with Crippen LogP contribution < -0.4 is 10.1 Å². The average molecular weight is 302 g/mol. The van der Waals surface area contributed by atoms with Crippen LogP contribution in [0.4, 0.5) is 5.69 Å². The van der Waals surface area contributed by atoms with Crippen LogP contribution in [0.5, 0.6) is 5.75 Å². The van der Waals surface area contributed by atoms with Gasteiger partial charge in [0.25, 0.3) is 0 Å². The van der Waals surface area contributed by atoms with E-state index in [4.69, 9.17) is 16.3 Å². The number of aryl methyl sites for hydroxylation is 1. The Bertz CT molecular complexity index is 618. The highest BCUT2D eigenvalue weighted by molar-refractivity contribution is 6.31. The molecule has 0 heterocycles. The van der Waals surface area contributed by atoms with Crippen LogP contribution in [0.1, 0.15) is 29.9 Å². The second-order valence-corrected chi connectivity index (χ2v) is 6.15. The smallest absolute Gasteiger partial charge is 0.118 e. The molecule has 1 fully saturated rings. The fourth-order valence-electron chi connectivity index (χ4n) is 2.80. The molecule has 0 amide bonds. The normalized spacial score (nSPS) is 20.7. The molecule has 0 atom stereocenters. The van der Waals surface area contributed by atoms with E-state index in [0.717, 1.165) is 34.9 Å². The number of rotatable bonds is 4. The Hall–Kier alpha value is -1.67. The highest BCUT2D eigenvalue weighted by Crippen LogP contribution is 2.39. The zero-order chi connectivity index (χ0) is 14.8. The lowest BCUT2D eigenvalue weighted by Crippen LogP contribution is -2.33. The first-order valence-electron chi connectivity index (χ1n) is 7.32. The molecule has 1 N–H and O–H groups in total. The molecule has 2 aromatic carbocycles. The molecule has 1 aliphatic carbocycles. The van der Waals surface area contributed by atoms with Crippen LogP contribution in [-0.4, -0.2) is 13.2 Å². The fraction of sp³-hybridized carbons (Fsp3) is 0.333. The number of ether oxygens (including phenoxy) is 1. The van der Waals surface area contributed by atoms with Crippen LogP contribution in [0.15, 0.2) is 42.5 Å². The first kappa shape index (κ1) is 14.3. The summed E-state index contributed by atoms with van der Waals surface area (Å²) in [6.45, 7) is 2.02.